The van der Waals surface area contributed by atoms with Gasteiger partial charge in [-0.3, -0.25) is 19.6 Å². The lowest BCUT2D eigenvalue weighted by atomic mass is 9.92. The van der Waals surface area contributed by atoms with Crippen molar-refractivity contribution in [1.29, 1.82) is 0 Å². The minimum atomic E-state index is 0.0168. The molecule has 26 heavy (non-hydrogen) atoms. The molecule has 0 bridgehead atoms. The summed E-state index contributed by atoms with van der Waals surface area (Å²) in [4.78, 5) is 33.4. The predicted molar refractivity (Wildman–Crippen MR) is 98.4 cm³/mol. The Kier molecular flexibility index (Phi) is 4.63. The molecule has 1 atom stereocenters. The average Bonchev–Trinajstić information content (AvgIpc) is 3.04. The third-order valence-corrected chi connectivity index (χ3v) is 5.60. The van der Waals surface area contributed by atoms with Gasteiger partial charge in [0.25, 0.3) is 5.56 Å². The third kappa shape index (κ3) is 3.07. The van der Waals surface area contributed by atoms with Crippen LogP contribution in [0.1, 0.15) is 31.0 Å². The number of carbonyl (C=O) groups is 1. The first kappa shape index (κ1) is 17.0. The maximum Gasteiger partial charge on any atom is 0.276 e. The molecule has 7 heteroatoms. The Morgan fingerprint density at radius 2 is 2.08 bits per heavy atom. The summed E-state index contributed by atoms with van der Waals surface area (Å²) in [6, 6.07) is 5.94. The number of nitrogens with one attached hydrogen (secondary N) is 1. The lowest BCUT2D eigenvalue weighted by molar-refractivity contribution is -0.132. The highest BCUT2D eigenvalue weighted by atomic mass is 16.2. The number of piperazine rings is 1. The molecule has 7 nitrogen and oxygen atoms in total. The molecular formula is C19H25N5O2. The van der Waals surface area contributed by atoms with E-state index in [1.165, 1.54) is 0 Å². The number of aromatic amines is 1. The van der Waals surface area contributed by atoms with Gasteiger partial charge in [-0.1, -0.05) is 13.0 Å². The van der Waals surface area contributed by atoms with Gasteiger partial charge in [0.05, 0.1) is 0 Å². The second-order valence-corrected chi connectivity index (χ2v) is 7.06. The zero-order valence-electron chi connectivity index (χ0n) is 15.1. The van der Waals surface area contributed by atoms with Gasteiger partial charge in [-0.15, -0.1) is 0 Å². The Bertz CT molecular complexity index is 833. The van der Waals surface area contributed by atoms with Crippen molar-refractivity contribution in [3.63, 3.8) is 0 Å². The number of pyridine rings is 1. The predicted octanol–water partition coefficient (Wildman–Crippen LogP) is 0.972. The van der Waals surface area contributed by atoms with Crippen LogP contribution in [0.4, 0.5) is 0 Å². The topological polar surface area (TPSA) is 74.2 Å². The third-order valence-electron chi connectivity index (χ3n) is 5.60. The first-order valence-corrected chi connectivity index (χ1v) is 9.43. The summed E-state index contributed by atoms with van der Waals surface area (Å²) in [7, 11) is 0. The number of hydrogen-bond acceptors (Lipinski definition) is 4. The number of carbonyl (C=O) groups excluding carboxylic acids is 1. The summed E-state index contributed by atoms with van der Waals surface area (Å²) in [5, 5.41) is 3.24. The number of aromatic nitrogens is 3. The van der Waals surface area contributed by atoms with Crippen LogP contribution in [0.25, 0.3) is 5.82 Å². The monoisotopic (exact) mass is 355 g/mol. The maximum atomic E-state index is 12.8. The van der Waals surface area contributed by atoms with Gasteiger partial charge in [-0.05, 0) is 31.4 Å². The number of hydrogen-bond donors (Lipinski definition) is 1. The van der Waals surface area contributed by atoms with Gasteiger partial charge in [-0.2, -0.15) is 0 Å². The number of rotatable bonds is 3. The summed E-state index contributed by atoms with van der Waals surface area (Å²) in [6.07, 6.45) is 4.96. The van der Waals surface area contributed by atoms with Crippen LogP contribution < -0.4 is 5.56 Å². The molecule has 1 aliphatic heterocycles. The number of aryl methyl sites for hydroxylation is 1. The molecule has 2 aliphatic rings. The van der Waals surface area contributed by atoms with Gasteiger partial charge in [0, 0.05) is 56.1 Å². The fraction of sp³-hybridized carbons (Fsp3) is 0.526. The highest BCUT2D eigenvalue weighted by molar-refractivity contribution is 5.75. The molecule has 3 heterocycles. The molecule has 2 aromatic heterocycles. The molecule has 1 unspecified atom stereocenters. The summed E-state index contributed by atoms with van der Waals surface area (Å²) in [5.74, 6) is 0.870. The van der Waals surface area contributed by atoms with Crippen molar-refractivity contribution in [2.75, 3.05) is 26.2 Å². The molecule has 2 aromatic rings. The first-order chi connectivity index (χ1) is 12.7. The minimum absolute atomic E-state index is 0.0168. The van der Waals surface area contributed by atoms with Crippen LogP contribution in [-0.2, 0) is 17.6 Å². The first-order valence-electron chi connectivity index (χ1n) is 9.43. The second-order valence-electron chi connectivity index (χ2n) is 7.06. The number of H-pyrrole nitrogens is 1. The second kappa shape index (κ2) is 7.07. The molecule has 0 radical (unpaired) electrons. The zero-order chi connectivity index (χ0) is 18.1. The van der Waals surface area contributed by atoms with Gasteiger partial charge in [0.1, 0.15) is 0 Å². The fourth-order valence-electron chi connectivity index (χ4n) is 4.10. The molecule has 0 spiro atoms. The van der Waals surface area contributed by atoms with Crippen molar-refractivity contribution in [3.8, 4) is 5.82 Å². The molecule has 1 aliphatic carbocycles. The van der Waals surface area contributed by atoms with E-state index in [-0.39, 0.29) is 11.5 Å². The van der Waals surface area contributed by atoms with Crippen molar-refractivity contribution in [3.05, 3.63) is 46.0 Å². The zero-order valence-corrected chi connectivity index (χ0v) is 15.1. The van der Waals surface area contributed by atoms with E-state index in [0.29, 0.717) is 18.3 Å². The van der Waals surface area contributed by atoms with Crippen LogP contribution in [0, 0.1) is 0 Å². The Morgan fingerprint density at radius 3 is 2.77 bits per heavy atom. The van der Waals surface area contributed by atoms with Crippen LogP contribution >= 0.6 is 0 Å². The molecule has 1 N–H and O–H groups in total. The maximum absolute atomic E-state index is 12.8. The van der Waals surface area contributed by atoms with Gasteiger partial charge < -0.3 is 4.90 Å². The molecule has 0 aromatic carbocycles. The fourth-order valence-corrected chi connectivity index (χ4v) is 4.10. The van der Waals surface area contributed by atoms with Crippen molar-refractivity contribution in [2.24, 2.45) is 0 Å². The van der Waals surface area contributed by atoms with Gasteiger partial charge in [0.15, 0.2) is 5.82 Å². The highest BCUT2D eigenvalue weighted by Crippen LogP contribution is 2.23. The van der Waals surface area contributed by atoms with E-state index in [2.05, 4.69) is 15.0 Å². The number of amides is 1. The molecule has 138 valence electrons. The van der Waals surface area contributed by atoms with Gasteiger partial charge >= 0.3 is 0 Å². The quantitative estimate of drug-likeness (QED) is 0.890. The Labute approximate surface area is 152 Å². The minimum Gasteiger partial charge on any atom is -0.340 e. The van der Waals surface area contributed by atoms with Crippen molar-refractivity contribution < 1.29 is 4.79 Å². The Balaban J connectivity index is 1.48. The van der Waals surface area contributed by atoms with Crippen molar-refractivity contribution in [2.45, 2.75) is 38.6 Å². The van der Waals surface area contributed by atoms with E-state index in [0.717, 1.165) is 56.7 Å². The van der Waals surface area contributed by atoms with Crippen LogP contribution in [0.5, 0.6) is 0 Å². The molecule has 1 amide bonds. The number of fused-ring (bicyclic) bond motifs is 1. The van der Waals surface area contributed by atoms with Crippen molar-refractivity contribution in [1.82, 2.24) is 24.6 Å². The highest BCUT2D eigenvalue weighted by Gasteiger charge is 2.31. The van der Waals surface area contributed by atoms with E-state index >= 15 is 0 Å². The van der Waals surface area contributed by atoms with Crippen LogP contribution in [-0.4, -0.2) is 62.7 Å². The summed E-state index contributed by atoms with van der Waals surface area (Å²) >= 11 is 0. The normalized spacial score (nSPS) is 20.8. The Hall–Kier alpha value is -2.41. The van der Waals surface area contributed by atoms with Gasteiger partial charge in [0.2, 0.25) is 5.91 Å². The van der Waals surface area contributed by atoms with E-state index in [4.69, 9.17) is 0 Å². The lowest BCUT2D eigenvalue weighted by Gasteiger charge is -2.40. The lowest BCUT2D eigenvalue weighted by Crippen LogP contribution is -2.53. The summed E-state index contributed by atoms with van der Waals surface area (Å²) in [6.45, 7) is 5.29. The standard InChI is InChI=1S/C19H25N5O2/c1-2-18(25)23-11-9-22(10-12-23)14-6-7-16-15(13-14)19(26)24(21-16)17-5-3-4-8-20-17/h3-5,8,14,21H,2,6-7,9-13H2,1H3. The van der Waals surface area contributed by atoms with E-state index in [1.54, 1.807) is 10.9 Å². The van der Waals surface area contributed by atoms with Crippen molar-refractivity contribution >= 4 is 5.91 Å². The van der Waals surface area contributed by atoms with Crippen LogP contribution in [0.15, 0.2) is 29.2 Å². The molecule has 0 saturated carbocycles. The SMILES string of the molecule is CCC(=O)N1CCN(C2CCc3[nH]n(-c4ccccn4)c(=O)c3C2)CC1. The number of nitrogens with zero attached hydrogens (tertiary/aromatic N) is 4. The molecule has 1 saturated heterocycles. The van der Waals surface area contributed by atoms with E-state index in [9.17, 15) is 9.59 Å². The van der Waals surface area contributed by atoms with E-state index in [1.807, 2.05) is 30.0 Å². The molecule has 1 fully saturated rings. The van der Waals surface area contributed by atoms with E-state index < -0.39 is 0 Å². The van der Waals surface area contributed by atoms with Crippen LogP contribution in [0.2, 0.25) is 0 Å². The largest absolute Gasteiger partial charge is 0.340 e. The molecule has 4 rings (SSSR count). The summed E-state index contributed by atoms with van der Waals surface area (Å²) < 4.78 is 1.56. The molecular weight excluding hydrogens is 330 g/mol. The smallest absolute Gasteiger partial charge is 0.276 e. The average molecular weight is 355 g/mol. The summed E-state index contributed by atoms with van der Waals surface area (Å²) in [5.41, 5.74) is 1.94. The van der Waals surface area contributed by atoms with Crippen LogP contribution in [0.3, 0.4) is 0 Å². The Morgan fingerprint density at radius 1 is 1.27 bits per heavy atom. The van der Waals surface area contributed by atoms with Gasteiger partial charge in [-0.25, -0.2) is 9.67 Å².